The summed E-state index contributed by atoms with van der Waals surface area (Å²) in [5.74, 6) is -2.29. The molecule has 0 atom stereocenters. The highest BCUT2D eigenvalue weighted by Gasteiger charge is 2.22. The minimum absolute atomic E-state index is 0.0484. The summed E-state index contributed by atoms with van der Waals surface area (Å²) in [4.78, 5) is 38.9. The first-order valence-electron chi connectivity index (χ1n) is 8.85. The molecule has 3 aromatic carbocycles. The average molecular weight is 391 g/mol. The molecule has 146 valence electrons. The third-order valence-corrected chi connectivity index (χ3v) is 4.31. The zero-order valence-corrected chi connectivity index (χ0v) is 15.7. The van der Waals surface area contributed by atoms with Crippen LogP contribution in [0.4, 0.5) is 10.1 Å². The number of anilines is 1. The average Bonchev–Trinajstić information content (AvgIpc) is 2.76. The first-order chi connectivity index (χ1) is 14.0. The lowest BCUT2D eigenvalue weighted by Crippen LogP contribution is -2.28. The van der Waals surface area contributed by atoms with E-state index in [1.54, 1.807) is 43.4 Å². The van der Waals surface area contributed by atoms with Gasteiger partial charge >= 0.3 is 5.97 Å². The molecule has 29 heavy (non-hydrogen) atoms. The Bertz CT molecular complexity index is 1050. The molecule has 1 amide bonds. The molecule has 0 saturated carbocycles. The van der Waals surface area contributed by atoms with Gasteiger partial charge in [-0.15, -0.1) is 0 Å². The summed E-state index contributed by atoms with van der Waals surface area (Å²) >= 11 is 0. The summed E-state index contributed by atoms with van der Waals surface area (Å²) in [5.41, 5.74) is 0.974. The van der Waals surface area contributed by atoms with Crippen molar-refractivity contribution in [2.75, 3.05) is 18.6 Å². The van der Waals surface area contributed by atoms with Crippen LogP contribution in [0.15, 0.2) is 78.9 Å². The highest BCUT2D eigenvalue weighted by molar-refractivity contribution is 6.12. The van der Waals surface area contributed by atoms with Crippen LogP contribution in [0.1, 0.15) is 31.1 Å². The maximum Gasteiger partial charge on any atom is 0.339 e. The summed E-state index contributed by atoms with van der Waals surface area (Å²) < 4.78 is 18.3. The normalized spacial score (nSPS) is 10.3. The molecule has 0 saturated heterocycles. The summed E-state index contributed by atoms with van der Waals surface area (Å²) in [6, 6.07) is 20.3. The van der Waals surface area contributed by atoms with E-state index in [0.717, 1.165) is 6.07 Å². The Kier molecular flexibility index (Phi) is 6.14. The number of nitrogens with zero attached hydrogens (tertiary/aromatic N) is 1. The molecular formula is C23H18FNO4. The van der Waals surface area contributed by atoms with Crippen molar-refractivity contribution in [2.24, 2.45) is 0 Å². The molecule has 5 nitrogen and oxygen atoms in total. The molecule has 0 aliphatic rings. The van der Waals surface area contributed by atoms with Crippen molar-refractivity contribution in [3.8, 4) is 0 Å². The number of rotatable bonds is 6. The fourth-order valence-electron chi connectivity index (χ4n) is 2.75. The predicted molar refractivity (Wildman–Crippen MR) is 107 cm³/mol. The smallest absolute Gasteiger partial charge is 0.339 e. The number of carbonyl (C=O) groups is 3. The number of halogens is 1. The number of esters is 1. The SMILES string of the molecule is CN(C(=O)c1ccccc1C(=O)OCC(=O)c1cccc(F)c1)c1ccccc1. The number of ketones is 1. The molecule has 3 aromatic rings. The molecule has 0 unspecified atom stereocenters. The first-order valence-corrected chi connectivity index (χ1v) is 8.85. The lowest BCUT2D eigenvalue weighted by molar-refractivity contribution is 0.0472. The Balaban J connectivity index is 1.75. The minimum Gasteiger partial charge on any atom is -0.454 e. The molecule has 0 aliphatic heterocycles. The Morgan fingerprint density at radius 2 is 1.52 bits per heavy atom. The number of para-hydroxylation sites is 1. The number of carbonyl (C=O) groups excluding carboxylic acids is 3. The van der Waals surface area contributed by atoms with E-state index in [-0.39, 0.29) is 22.6 Å². The van der Waals surface area contributed by atoms with Gasteiger partial charge in [0.25, 0.3) is 5.91 Å². The van der Waals surface area contributed by atoms with Crippen molar-refractivity contribution in [1.82, 2.24) is 0 Å². The highest BCUT2D eigenvalue weighted by Crippen LogP contribution is 2.18. The van der Waals surface area contributed by atoms with Crippen molar-refractivity contribution in [3.05, 3.63) is 101 Å². The maximum absolute atomic E-state index is 13.2. The molecule has 0 heterocycles. The molecule has 0 spiro atoms. The Morgan fingerprint density at radius 1 is 0.862 bits per heavy atom. The van der Waals surface area contributed by atoms with Crippen molar-refractivity contribution in [3.63, 3.8) is 0 Å². The van der Waals surface area contributed by atoms with E-state index < -0.39 is 24.2 Å². The second-order valence-corrected chi connectivity index (χ2v) is 6.25. The molecule has 6 heteroatoms. The number of benzene rings is 3. The maximum atomic E-state index is 13.2. The summed E-state index contributed by atoms with van der Waals surface area (Å²) in [6.45, 7) is -0.556. The second-order valence-electron chi connectivity index (χ2n) is 6.25. The van der Waals surface area contributed by atoms with Crippen LogP contribution in [-0.2, 0) is 4.74 Å². The van der Waals surface area contributed by atoms with Crippen molar-refractivity contribution >= 4 is 23.3 Å². The van der Waals surface area contributed by atoms with Gasteiger partial charge < -0.3 is 9.64 Å². The lowest BCUT2D eigenvalue weighted by Gasteiger charge is -2.18. The molecule has 3 rings (SSSR count). The van der Waals surface area contributed by atoms with Gasteiger partial charge in [0, 0.05) is 18.3 Å². The van der Waals surface area contributed by atoms with Crippen LogP contribution in [-0.4, -0.2) is 31.3 Å². The van der Waals surface area contributed by atoms with Crippen LogP contribution >= 0.6 is 0 Å². The minimum atomic E-state index is -0.805. The number of amides is 1. The molecule has 0 N–H and O–H groups in total. The van der Waals surface area contributed by atoms with Crippen LogP contribution < -0.4 is 4.90 Å². The second kappa shape index (κ2) is 8.93. The Morgan fingerprint density at radius 3 is 2.21 bits per heavy atom. The van der Waals surface area contributed by atoms with E-state index in [0.29, 0.717) is 5.69 Å². The van der Waals surface area contributed by atoms with Gasteiger partial charge in [-0.05, 0) is 36.4 Å². The van der Waals surface area contributed by atoms with Gasteiger partial charge in [-0.25, -0.2) is 9.18 Å². The van der Waals surface area contributed by atoms with E-state index in [2.05, 4.69) is 0 Å². The van der Waals surface area contributed by atoms with Crippen LogP contribution in [0.5, 0.6) is 0 Å². The van der Waals surface area contributed by atoms with Crippen LogP contribution in [0.25, 0.3) is 0 Å². The van der Waals surface area contributed by atoms with E-state index >= 15 is 0 Å². The van der Waals surface area contributed by atoms with Gasteiger partial charge in [0.1, 0.15) is 5.82 Å². The quantitative estimate of drug-likeness (QED) is 0.468. The third-order valence-electron chi connectivity index (χ3n) is 4.31. The van der Waals surface area contributed by atoms with E-state index in [1.165, 1.54) is 35.2 Å². The molecule has 0 aromatic heterocycles. The first kappa shape index (κ1) is 19.9. The summed E-state index contributed by atoms with van der Waals surface area (Å²) in [5, 5.41) is 0. The van der Waals surface area contributed by atoms with Gasteiger partial charge in [0.2, 0.25) is 0 Å². The third kappa shape index (κ3) is 4.73. The number of ether oxygens (including phenoxy) is 1. The standard InChI is InChI=1S/C23H18FNO4/c1-25(18-10-3-2-4-11-18)22(27)19-12-5-6-13-20(19)23(28)29-15-21(26)16-8-7-9-17(24)14-16/h2-14H,15H2,1H3. The zero-order valence-electron chi connectivity index (χ0n) is 15.7. The lowest BCUT2D eigenvalue weighted by atomic mass is 10.1. The largest absolute Gasteiger partial charge is 0.454 e. The van der Waals surface area contributed by atoms with E-state index in [9.17, 15) is 18.8 Å². The van der Waals surface area contributed by atoms with Crippen LogP contribution in [0, 0.1) is 5.82 Å². The molecular weight excluding hydrogens is 373 g/mol. The van der Waals surface area contributed by atoms with E-state index in [4.69, 9.17) is 4.74 Å². The molecule has 0 radical (unpaired) electrons. The van der Waals surface area contributed by atoms with E-state index in [1.807, 2.05) is 6.07 Å². The zero-order chi connectivity index (χ0) is 20.8. The highest BCUT2D eigenvalue weighted by atomic mass is 19.1. The fraction of sp³-hybridized carbons (Fsp3) is 0.0870. The predicted octanol–water partition coefficient (Wildman–Crippen LogP) is 4.14. The van der Waals surface area contributed by atoms with Gasteiger partial charge in [0.15, 0.2) is 12.4 Å². The monoisotopic (exact) mass is 391 g/mol. The fourth-order valence-corrected chi connectivity index (χ4v) is 2.75. The number of hydrogen-bond acceptors (Lipinski definition) is 4. The van der Waals surface area contributed by atoms with Crippen molar-refractivity contribution in [2.45, 2.75) is 0 Å². The molecule has 0 aliphatic carbocycles. The molecule has 0 bridgehead atoms. The Hall–Kier alpha value is -3.80. The molecule has 0 fully saturated rings. The van der Waals surface area contributed by atoms with Crippen molar-refractivity contribution in [1.29, 1.82) is 0 Å². The van der Waals surface area contributed by atoms with Crippen molar-refractivity contribution < 1.29 is 23.5 Å². The Labute approximate surface area is 167 Å². The number of hydrogen-bond donors (Lipinski definition) is 0. The summed E-state index contributed by atoms with van der Waals surface area (Å²) in [7, 11) is 1.60. The van der Waals surface area contributed by atoms with Crippen LogP contribution in [0.3, 0.4) is 0 Å². The summed E-state index contributed by atoms with van der Waals surface area (Å²) in [6.07, 6.45) is 0. The van der Waals surface area contributed by atoms with Crippen LogP contribution in [0.2, 0.25) is 0 Å². The number of Topliss-reactive ketones (excluding diaryl/α,β-unsaturated/α-hetero) is 1. The topological polar surface area (TPSA) is 63.7 Å². The van der Waals surface area contributed by atoms with Gasteiger partial charge in [-0.3, -0.25) is 9.59 Å². The van der Waals surface area contributed by atoms with Gasteiger partial charge in [0.05, 0.1) is 11.1 Å². The van der Waals surface area contributed by atoms with Gasteiger partial charge in [-0.1, -0.05) is 42.5 Å². The van der Waals surface area contributed by atoms with Gasteiger partial charge in [-0.2, -0.15) is 0 Å².